The lowest BCUT2D eigenvalue weighted by molar-refractivity contribution is -0.114. The first-order valence-electron chi connectivity index (χ1n) is 8.95. The minimum atomic E-state index is -0.0578. The number of carbonyl (C=O) groups excluding carboxylic acids is 1. The van der Waals surface area contributed by atoms with Crippen molar-refractivity contribution in [1.29, 1.82) is 0 Å². The van der Waals surface area contributed by atoms with Crippen LogP contribution in [-0.2, 0) is 11.8 Å². The topological polar surface area (TPSA) is 50.2 Å². The van der Waals surface area contributed by atoms with E-state index in [0.717, 1.165) is 22.6 Å². The molecular weight excluding hydrogens is 336 g/mol. The number of carbonyl (C=O) groups is 1. The second-order valence-electron chi connectivity index (χ2n) is 6.62. The number of benzene rings is 2. The fraction of sp³-hybridized carbons (Fsp3) is 0.182. The Morgan fingerprint density at radius 2 is 1.74 bits per heavy atom. The van der Waals surface area contributed by atoms with Crippen LogP contribution in [0, 0.1) is 0 Å². The molecular formula is C22H24N4O. The number of aromatic nitrogens is 2. The summed E-state index contributed by atoms with van der Waals surface area (Å²) in [7, 11) is 1.85. The molecule has 5 heteroatoms. The van der Waals surface area contributed by atoms with Crippen molar-refractivity contribution < 1.29 is 4.79 Å². The average Bonchev–Trinajstić information content (AvgIpc) is 3.07. The molecule has 5 nitrogen and oxygen atoms in total. The van der Waals surface area contributed by atoms with Gasteiger partial charge in [0, 0.05) is 48.0 Å². The van der Waals surface area contributed by atoms with E-state index in [-0.39, 0.29) is 11.9 Å². The van der Waals surface area contributed by atoms with Gasteiger partial charge in [-0.1, -0.05) is 18.2 Å². The first-order valence-corrected chi connectivity index (χ1v) is 8.95. The second-order valence-corrected chi connectivity index (χ2v) is 6.62. The van der Waals surface area contributed by atoms with Gasteiger partial charge in [-0.25, -0.2) is 0 Å². The van der Waals surface area contributed by atoms with Crippen molar-refractivity contribution in [2.45, 2.75) is 19.9 Å². The second kappa shape index (κ2) is 8.36. The number of nitrogens with zero attached hydrogens (tertiary/aromatic N) is 3. The summed E-state index contributed by atoms with van der Waals surface area (Å²) in [5, 5.41) is 7.46. The Labute approximate surface area is 159 Å². The smallest absolute Gasteiger partial charge is 0.251 e. The molecule has 0 saturated heterocycles. The summed E-state index contributed by atoms with van der Waals surface area (Å²) in [5.74, 6) is -0.0578. The van der Waals surface area contributed by atoms with E-state index in [0.29, 0.717) is 0 Å². The zero-order chi connectivity index (χ0) is 19.2. The fourth-order valence-electron chi connectivity index (χ4n) is 2.85. The van der Waals surface area contributed by atoms with Crippen molar-refractivity contribution in [3.05, 3.63) is 78.6 Å². The molecule has 0 aliphatic heterocycles. The van der Waals surface area contributed by atoms with Crippen LogP contribution < -0.4 is 10.2 Å². The summed E-state index contributed by atoms with van der Waals surface area (Å²) in [5.41, 5.74) is 3.77. The third-order valence-corrected chi connectivity index (χ3v) is 4.10. The highest BCUT2D eigenvalue weighted by Gasteiger charge is 2.16. The van der Waals surface area contributed by atoms with Crippen LogP contribution in [0.4, 0.5) is 17.1 Å². The van der Waals surface area contributed by atoms with Crippen molar-refractivity contribution in [3.8, 4) is 0 Å². The Hall–Kier alpha value is -3.34. The third-order valence-electron chi connectivity index (χ3n) is 4.10. The quantitative estimate of drug-likeness (QED) is 0.653. The van der Waals surface area contributed by atoms with Gasteiger partial charge in [0.05, 0.1) is 6.20 Å². The van der Waals surface area contributed by atoms with Crippen LogP contribution >= 0.6 is 0 Å². The number of amides is 1. The van der Waals surface area contributed by atoms with Gasteiger partial charge in [0.25, 0.3) is 5.91 Å². The number of hydrogen-bond donors (Lipinski definition) is 1. The van der Waals surface area contributed by atoms with Gasteiger partial charge < -0.3 is 10.2 Å². The van der Waals surface area contributed by atoms with Gasteiger partial charge in [-0.2, -0.15) is 5.10 Å². The summed E-state index contributed by atoms with van der Waals surface area (Å²) in [6, 6.07) is 17.9. The molecule has 138 valence electrons. The molecule has 3 aromatic rings. The van der Waals surface area contributed by atoms with Gasteiger partial charge in [-0.3, -0.25) is 9.48 Å². The zero-order valence-corrected chi connectivity index (χ0v) is 15.8. The van der Waals surface area contributed by atoms with E-state index in [1.165, 1.54) is 0 Å². The fourth-order valence-corrected chi connectivity index (χ4v) is 2.85. The molecule has 0 fully saturated rings. The van der Waals surface area contributed by atoms with E-state index >= 15 is 0 Å². The van der Waals surface area contributed by atoms with Crippen LogP contribution in [0.25, 0.3) is 6.08 Å². The van der Waals surface area contributed by atoms with Crippen LogP contribution in [0.3, 0.4) is 0 Å². The molecule has 0 aliphatic rings. The van der Waals surface area contributed by atoms with E-state index in [1.807, 2.05) is 81.7 Å². The van der Waals surface area contributed by atoms with Gasteiger partial charge >= 0.3 is 0 Å². The highest BCUT2D eigenvalue weighted by atomic mass is 16.2. The van der Waals surface area contributed by atoms with Crippen LogP contribution in [0.5, 0.6) is 0 Å². The number of aryl methyl sites for hydroxylation is 1. The van der Waals surface area contributed by atoms with Crippen molar-refractivity contribution in [3.63, 3.8) is 0 Å². The third kappa shape index (κ3) is 4.85. The predicted molar refractivity (Wildman–Crippen MR) is 111 cm³/mol. The lowest BCUT2D eigenvalue weighted by Gasteiger charge is -2.26. The molecule has 0 bridgehead atoms. The summed E-state index contributed by atoms with van der Waals surface area (Å²) < 4.78 is 1.71. The van der Waals surface area contributed by atoms with E-state index in [2.05, 4.69) is 10.4 Å². The molecule has 2 aromatic carbocycles. The average molecular weight is 360 g/mol. The monoisotopic (exact) mass is 360 g/mol. The van der Waals surface area contributed by atoms with Crippen molar-refractivity contribution in [2.75, 3.05) is 10.2 Å². The van der Waals surface area contributed by atoms with Crippen LogP contribution in [0.2, 0.25) is 0 Å². The minimum Gasteiger partial charge on any atom is -0.356 e. The minimum absolute atomic E-state index is 0.0454. The normalized spacial score (nSPS) is 11.1. The Kier molecular flexibility index (Phi) is 5.71. The summed E-state index contributed by atoms with van der Waals surface area (Å²) in [4.78, 5) is 14.5. The Bertz CT molecular complexity index is 911. The first kappa shape index (κ1) is 18.5. The number of hydrogen-bond acceptors (Lipinski definition) is 3. The van der Waals surface area contributed by atoms with Crippen LogP contribution in [0.15, 0.2) is 73.1 Å². The predicted octanol–water partition coefficient (Wildman–Crippen LogP) is 4.62. The molecule has 1 N–H and O–H groups in total. The van der Waals surface area contributed by atoms with Crippen molar-refractivity contribution in [1.82, 2.24) is 9.78 Å². The standard InChI is InChI=1S/C22H24N4O/c1-17(2)26(22(27)14-9-18-15-23-25(3)16-18)21-12-10-20(11-13-21)24-19-7-5-4-6-8-19/h4-17,24H,1-3H3/b14-9+. The number of anilines is 3. The van der Waals surface area contributed by atoms with E-state index in [4.69, 9.17) is 0 Å². The SMILES string of the molecule is CC(C)N(C(=O)/C=C/c1cnn(C)c1)c1ccc(Nc2ccccc2)cc1. The lowest BCUT2D eigenvalue weighted by Crippen LogP contribution is -2.35. The van der Waals surface area contributed by atoms with E-state index in [9.17, 15) is 4.79 Å². The highest BCUT2D eigenvalue weighted by molar-refractivity contribution is 6.04. The van der Waals surface area contributed by atoms with Crippen molar-refractivity contribution in [2.24, 2.45) is 7.05 Å². The Morgan fingerprint density at radius 3 is 2.33 bits per heavy atom. The van der Waals surface area contributed by atoms with Gasteiger partial charge in [0.1, 0.15) is 0 Å². The molecule has 3 rings (SSSR count). The Morgan fingerprint density at radius 1 is 1.07 bits per heavy atom. The number of para-hydroxylation sites is 1. The van der Waals surface area contributed by atoms with Crippen LogP contribution in [-0.4, -0.2) is 21.7 Å². The maximum atomic E-state index is 12.7. The summed E-state index contributed by atoms with van der Waals surface area (Å²) in [6.45, 7) is 4.01. The van der Waals surface area contributed by atoms with Gasteiger partial charge in [-0.15, -0.1) is 0 Å². The number of nitrogens with one attached hydrogen (secondary N) is 1. The maximum Gasteiger partial charge on any atom is 0.251 e. The summed E-state index contributed by atoms with van der Waals surface area (Å²) in [6.07, 6.45) is 6.98. The van der Waals surface area contributed by atoms with Gasteiger partial charge in [0.2, 0.25) is 0 Å². The molecule has 1 heterocycles. The molecule has 0 unspecified atom stereocenters. The number of rotatable bonds is 6. The first-order chi connectivity index (χ1) is 13.0. The van der Waals surface area contributed by atoms with Gasteiger partial charge in [-0.05, 0) is 56.3 Å². The molecule has 1 aromatic heterocycles. The van der Waals surface area contributed by atoms with Crippen molar-refractivity contribution >= 4 is 29.0 Å². The largest absolute Gasteiger partial charge is 0.356 e. The van der Waals surface area contributed by atoms with Crippen LogP contribution in [0.1, 0.15) is 19.4 Å². The molecule has 0 atom stereocenters. The highest BCUT2D eigenvalue weighted by Crippen LogP contribution is 2.23. The maximum absolute atomic E-state index is 12.7. The molecule has 0 aliphatic carbocycles. The molecule has 27 heavy (non-hydrogen) atoms. The van der Waals surface area contributed by atoms with E-state index < -0.39 is 0 Å². The molecule has 0 radical (unpaired) electrons. The van der Waals surface area contributed by atoms with E-state index in [1.54, 1.807) is 27.9 Å². The Balaban J connectivity index is 1.74. The molecule has 0 spiro atoms. The zero-order valence-electron chi connectivity index (χ0n) is 15.8. The van der Waals surface area contributed by atoms with Gasteiger partial charge in [0.15, 0.2) is 0 Å². The lowest BCUT2D eigenvalue weighted by atomic mass is 10.2. The molecule has 0 saturated carbocycles. The summed E-state index contributed by atoms with van der Waals surface area (Å²) >= 11 is 0. The molecule has 1 amide bonds.